The van der Waals surface area contributed by atoms with E-state index in [0.29, 0.717) is 17.8 Å². The van der Waals surface area contributed by atoms with Crippen LogP contribution in [0.2, 0.25) is 0 Å². The van der Waals surface area contributed by atoms with Gasteiger partial charge in [0.2, 0.25) is 0 Å². The van der Waals surface area contributed by atoms with E-state index in [4.69, 9.17) is 14.9 Å². The van der Waals surface area contributed by atoms with Gasteiger partial charge in [0.15, 0.2) is 0 Å². The van der Waals surface area contributed by atoms with Crippen molar-refractivity contribution in [1.29, 1.82) is 0 Å². The van der Waals surface area contributed by atoms with Crippen LogP contribution >= 0.6 is 0 Å². The first-order chi connectivity index (χ1) is 15.6. The molecule has 0 spiro atoms. The topological polar surface area (TPSA) is 103 Å². The van der Waals surface area contributed by atoms with E-state index in [1.165, 1.54) is 6.07 Å². The van der Waals surface area contributed by atoms with E-state index in [1.807, 2.05) is 6.07 Å². The summed E-state index contributed by atoms with van der Waals surface area (Å²) in [5.74, 6) is 1.22. The van der Waals surface area contributed by atoms with Gasteiger partial charge in [0.25, 0.3) is 0 Å². The summed E-state index contributed by atoms with van der Waals surface area (Å²) in [5, 5.41) is 12.3. The molecular weight excluding hydrogens is 418 g/mol. The number of fused-ring (bicyclic) bond motifs is 5. The molecule has 0 radical (unpaired) electrons. The Morgan fingerprint density at radius 2 is 1.91 bits per heavy atom. The summed E-state index contributed by atoms with van der Waals surface area (Å²) in [4.78, 5) is 23.5. The highest BCUT2D eigenvalue weighted by Crippen LogP contribution is 2.70. The summed E-state index contributed by atoms with van der Waals surface area (Å²) in [7, 11) is 0. The standard InChI is InChI=1S/C27H39NO5/c1-16(28)24(30)33-19-8-11-25(2)18(14-19)5-6-22-21(25)9-12-26(3)20(10-13-27(22,26)31)17-4-7-23(29)32-15-17/h4,7,15-16,18-22,31H,5-6,8-14,28H2,1-3H3/t16?,18-,19-,20+,21-,22+,25-,26+,27-/m0/s1. The van der Waals surface area contributed by atoms with Crippen LogP contribution < -0.4 is 11.4 Å². The van der Waals surface area contributed by atoms with Crippen LogP contribution in [0.4, 0.5) is 0 Å². The molecule has 1 aromatic rings. The molecule has 6 nitrogen and oxygen atoms in total. The molecule has 1 heterocycles. The Balaban J connectivity index is 1.37. The van der Waals surface area contributed by atoms with E-state index in [1.54, 1.807) is 13.2 Å². The van der Waals surface area contributed by atoms with Crippen molar-refractivity contribution in [3.63, 3.8) is 0 Å². The second kappa shape index (κ2) is 7.94. The van der Waals surface area contributed by atoms with E-state index in [2.05, 4.69) is 13.8 Å². The van der Waals surface area contributed by atoms with Crippen LogP contribution in [0.15, 0.2) is 27.6 Å². The lowest BCUT2D eigenvalue weighted by Crippen LogP contribution is -2.62. The number of esters is 1. The Hall–Kier alpha value is -1.66. The number of aliphatic hydroxyl groups is 1. The molecule has 4 aliphatic carbocycles. The average Bonchev–Trinajstić information content (AvgIpc) is 3.06. The third-order valence-electron chi connectivity index (χ3n) is 10.6. The molecule has 0 saturated heterocycles. The summed E-state index contributed by atoms with van der Waals surface area (Å²) >= 11 is 0. The Kier molecular flexibility index (Phi) is 5.56. The van der Waals surface area contributed by atoms with Crippen LogP contribution in [-0.4, -0.2) is 28.8 Å². The number of ether oxygens (including phenoxy) is 1. The largest absolute Gasteiger partial charge is 0.461 e. The van der Waals surface area contributed by atoms with Gasteiger partial charge in [-0.15, -0.1) is 0 Å². The highest BCUT2D eigenvalue weighted by atomic mass is 16.5. The first-order valence-corrected chi connectivity index (χ1v) is 12.9. The molecule has 0 amide bonds. The van der Waals surface area contributed by atoms with Crippen LogP contribution in [-0.2, 0) is 9.53 Å². The highest BCUT2D eigenvalue weighted by molar-refractivity contribution is 5.75. The van der Waals surface area contributed by atoms with E-state index in [-0.39, 0.29) is 34.4 Å². The molecule has 5 rings (SSSR count). The van der Waals surface area contributed by atoms with E-state index >= 15 is 0 Å². The summed E-state index contributed by atoms with van der Waals surface area (Å²) in [6.07, 6.45) is 10.4. The van der Waals surface area contributed by atoms with Crippen molar-refractivity contribution in [3.05, 3.63) is 34.4 Å². The molecular formula is C27H39NO5. The molecule has 9 atom stereocenters. The fourth-order valence-electron chi connectivity index (χ4n) is 8.67. The SMILES string of the molecule is CC(N)C(=O)O[C@H]1CC[C@@]2(C)[C@@H](CC[C@@H]3[C@@H]2CC[C@]2(C)[C@@H](c4ccc(=O)oc4)CC[C@]32O)C1. The number of carbonyl (C=O) groups is 1. The zero-order valence-corrected chi connectivity index (χ0v) is 20.2. The summed E-state index contributed by atoms with van der Waals surface area (Å²) in [6, 6.07) is 2.82. The molecule has 1 aromatic heterocycles. The van der Waals surface area contributed by atoms with Gasteiger partial charge in [0, 0.05) is 11.5 Å². The Morgan fingerprint density at radius 3 is 2.61 bits per heavy atom. The smallest absolute Gasteiger partial charge is 0.335 e. The maximum Gasteiger partial charge on any atom is 0.335 e. The van der Waals surface area contributed by atoms with E-state index in [0.717, 1.165) is 63.4 Å². The summed E-state index contributed by atoms with van der Waals surface area (Å²) in [6.45, 7) is 6.38. The van der Waals surface area contributed by atoms with Gasteiger partial charge in [-0.25, -0.2) is 4.79 Å². The minimum absolute atomic E-state index is 0.0290. The molecule has 33 heavy (non-hydrogen) atoms. The lowest BCUT2D eigenvalue weighted by atomic mass is 9.43. The molecule has 4 saturated carbocycles. The van der Waals surface area contributed by atoms with E-state index < -0.39 is 11.6 Å². The van der Waals surface area contributed by atoms with Crippen LogP contribution in [0.1, 0.15) is 90.0 Å². The third-order valence-corrected chi connectivity index (χ3v) is 10.6. The molecule has 4 fully saturated rings. The first-order valence-electron chi connectivity index (χ1n) is 12.9. The predicted octanol–water partition coefficient (Wildman–Crippen LogP) is 4.14. The maximum atomic E-state index is 12.3. The molecule has 6 heteroatoms. The second-order valence-corrected chi connectivity index (χ2v) is 12.0. The quantitative estimate of drug-likeness (QED) is 0.661. The molecule has 0 aromatic carbocycles. The third kappa shape index (κ3) is 3.43. The van der Waals surface area contributed by atoms with Gasteiger partial charge in [-0.2, -0.15) is 0 Å². The summed E-state index contributed by atoms with van der Waals surface area (Å²) < 4.78 is 10.9. The normalized spacial score (nSPS) is 45.4. The van der Waals surface area contributed by atoms with Gasteiger partial charge >= 0.3 is 11.6 Å². The second-order valence-electron chi connectivity index (χ2n) is 12.0. The van der Waals surface area contributed by atoms with Crippen molar-refractivity contribution in [2.45, 2.75) is 102 Å². The fraction of sp³-hybridized carbons (Fsp3) is 0.778. The Labute approximate surface area is 196 Å². The number of rotatable bonds is 3. The van der Waals surface area contributed by atoms with Crippen molar-refractivity contribution in [2.75, 3.05) is 0 Å². The number of carbonyl (C=O) groups excluding carboxylic acids is 1. The van der Waals surface area contributed by atoms with Crippen LogP contribution in [0.5, 0.6) is 0 Å². The monoisotopic (exact) mass is 457 g/mol. The van der Waals surface area contributed by atoms with Gasteiger partial charge in [-0.1, -0.05) is 13.8 Å². The van der Waals surface area contributed by atoms with Crippen LogP contribution in [0, 0.1) is 28.6 Å². The highest BCUT2D eigenvalue weighted by Gasteiger charge is 2.67. The molecule has 0 aliphatic heterocycles. The average molecular weight is 458 g/mol. The maximum absolute atomic E-state index is 12.3. The molecule has 1 unspecified atom stereocenters. The predicted molar refractivity (Wildman–Crippen MR) is 124 cm³/mol. The van der Waals surface area contributed by atoms with Crippen molar-refractivity contribution >= 4 is 5.97 Å². The van der Waals surface area contributed by atoms with Crippen molar-refractivity contribution in [2.24, 2.45) is 34.3 Å². The molecule has 182 valence electrons. The first kappa shape index (κ1) is 23.1. The Morgan fingerprint density at radius 1 is 1.12 bits per heavy atom. The molecule has 3 N–H and O–H groups in total. The van der Waals surface area contributed by atoms with Gasteiger partial charge in [0.05, 0.1) is 11.9 Å². The zero-order valence-electron chi connectivity index (χ0n) is 20.2. The van der Waals surface area contributed by atoms with Crippen molar-refractivity contribution < 1.29 is 19.1 Å². The van der Waals surface area contributed by atoms with E-state index in [9.17, 15) is 14.7 Å². The number of hydrogen-bond acceptors (Lipinski definition) is 6. The van der Waals surface area contributed by atoms with Crippen LogP contribution in [0.25, 0.3) is 0 Å². The molecule has 4 aliphatic rings. The minimum Gasteiger partial charge on any atom is -0.461 e. The minimum atomic E-state index is -0.691. The van der Waals surface area contributed by atoms with Crippen molar-refractivity contribution in [1.82, 2.24) is 0 Å². The lowest BCUT2D eigenvalue weighted by molar-refractivity contribution is -0.207. The fourth-order valence-corrected chi connectivity index (χ4v) is 8.67. The van der Waals surface area contributed by atoms with Crippen LogP contribution in [0.3, 0.4) is 0 Å². The summed E-state index contributed by atoms with van der Waals surface area (Å²) in [5.41, 5.74) is 5.71. The lowest BCUT2D eigenvalue weighted by Gasteiger charge is -2.63. The molecule has 0 bridgehead atoms. The number of nitrogens with two attached hydrogens (primary N) is 1. The van der Waals surface area contributed by atoms with Gasteiger partial charge < -0.3 is 20.0 Å². The van der Waals surface area contributed by atoms with Crippen molar-refractivity contribution in [3.8, 4) is 0 Å². The Bertz CT molecular complexity index is 953. The van der Waals surface area contributed by atoms with Gasteiger partial charge in [-0.05, 0) is 105 Å². The van der Waals surface area contributed by atoms with Gasteiger partial charge in [-0.3, -0.25) is 4.79 Å². The zero-order chi connectivity index (χ0) is 23.6. The van der Waals surface area contributed by atoms with Gasteiger partial charge in [0.1, 0.15) is 12.1 Å². The number of hydrogen-bond donors (Lipinski definition) is 2.